The van der Waals surface area contributed by atoms with Gasteiger partial charge in [0.2, 0.25) is 0 Å². The minimum absolute atomic E-state index is 0.784. The maximum atomic E-state index is 5.88. The molecule has 0 aromatic rings. The van der Waals surface area contributed by atoms with Gasteiger partial charge in [0.05, 0.1) is 0 Å². The normalized spacial score (nSPS) is 18.8. The average Bonchev–Trinajstić information content (AvgIpc) is 2.58. The monoisotopic (exact) mass is 273 g/mol. The van der Waals surface area contributed by atoms with Crippen molar-refractivity contribution < 1.29 is 8.85 Å². The lowest BCUT2D eigenvalue weighted by Crippen LogP contribution is -2.39. The van der Waals surface area contributed by atoms with Crippen molar-refractivity contribution in [2.24, 2.45) is 0 Å². The fraction of sp³-hybridized carbons (Fsp3) is 1.00. The number of hydrogen-bond donors (Lipinski definition) is 0. The Balaban J connectivity index is 2.24. The zero-order valence-corrected chi connectivity index (χ0v) is 13.5. The first-order chi connectivity index (χ1) is 8.70. The third-order valence-corrected chi connectivity index (χ3v) is 6.76. The molecule has 0 amide bonds. The quantitative estimate of drug-likeness (QED) is 0.633. The highest BCUT2D eigenvalue weighted by molar-refractivity contribution is 6.66. The third-order valence-electron chi connectivity index (χ3n) is 3.70. The maximum absolute atomic E-state index is 5.88. The maximum Gasteiger partial charge on any atom is 0.334 e. The van der Waals surface area contributed by atoms with Gasteiger partial charge in [0.25, 0.3) is 0 Å². The van der Waals surface area contributed by atoms with Crippen LogP contribution in [-0.2, 0) is 8.85 Å². The Labute approximate surface area is 114 Å². The lowest BCUT2D eigenvalue weighted by molar-refractivity contribution is 0.185. The van der Waals surface area contributed by atoms with Crippen molar-refractivity contribution >= 4 is 8.56 Å². The number of nitrogens with zero attached hydrogens (tertiary/aromatic N) is 1. The minimum atomic E-state index is -1.87. The van der Waals surface area contributed by atoms with Crippen molar-refractivity contribution in [3.8, 4) is 0 Å². The molecular weight excluding hydrogens is 242 g/mol. The molecule has 0 aliphatic carbocycles. The molecule has 1 saturated heterocycles. The van der Waals surface area contributed by atoms with E-state index in [0.717, 1.165) is 19.3 Å². The Morgan fingerprint density at radius 1 is 0.944 bits per heavy atom. The zero-order valence-electron chi connectivity index (χ0n) is 12.5. The van der Waals surface area contributed by atoms with Crippen LogP contribution in [0.1, 0.15) is 46.0 Å². The summed E-state index contributed by atoms with van der Waals surface area (Å²) < 4.78 is 11.8. The average molecular weight is 273 g/mol. The van der Waals surface area contributed by atoms with Crippen molar-refractivity contribution in [3.63, 3.8) is 0 Å². The van der Waals surface area contributed by atoms with E-state index < -0.39 is 8.56 Å². The molecule has 108 valence electrons. The van der Waals surface area contributed by atoms with Gasteiger partial charge in [-0.25, -0.2) is 0 Å². The van der Waals surface area contributed by atoms with E-state index in [4.69, 9.17) is 8.85 Å². The molecule has 0 spiro atoms. The SMILES string of the molecule is CCO[Si](C)(CCCN1CCCCCC1)OCC. The summed E-state index contributed by atoms with van der Waals surface area (Å²) in [4.78, 5) is 2.62. The molecular formula is C14H31NO2Si. The second kappa shape index (κ2) is 9.07. The molecule has 0 bridgehead atoms. The van der Waals surface area contributed by atoms with Crippen LogP contribution >= 0.6 is 0 Å². The molecule has 3 nitrogen and oxygen atoms in total. The first-order valence-electron chi connectivity index (χ1n) is 7.70. The standard InChI is InChI=1S/C14H31NO2Si/c1-4-16-18(3,17-5-2)14-10-13-15-11-8-6-7-9-12-15/h4-14H2,1-3H3. The lowest BCUT2D eigenvalue weighted by atomic mass is 10.2. The highest BCUT2D eigenvalue weighted by Gasteiger charge is 2.30. The fourth-order valence-corrected chi connectivity index (χ4v) is 5.17. The van der Waals surface area contributed by atoms with Crippen LogP contribution in [0.15, 0.2) is 0 Å². The summed E-state index contributed by atoms with van der Waals surface area (Å²) in [5.41, 5.74) is 0. The first-order valence-corrected chi connectivity index (χ1v) is 10.2. The van der Waals surface area contributed by atoms with Gasteiger partial charge in [-0.05, 0) is 65.3 Å². The smallest absolute Gasteiger partial charge is 0.334 e. The molecule has 0 radical (unpaired) electrons. The molecule has 0 atom stereocenters. The van der Waals surface area contributed by atoms with Crippen LogP contribution in [-0.4, -0.2) is 46.3 Å². The topological polar surface area (TPSA) is 21.7 Å². The van der Waals surface area contributed by atoms with Gasteiger partial charge in [-0.15, -0.1) is 0 Å². The van der Waals surface area contributed by atoms with Gasteiger partial charge in [-0.2, -0.15) is 0 Å². The molecule has 0 aromatic carbocycles. The van der Waals surface area contributed by atoms with Crippen molar-refractivity contribution in [2.75, 3.05) is 32.8 Å². The second-order valence-corrected chi connectivity index (χ2v) is 8.70. The van der Waals surface area contributed by atoms with E-state index in [-0.39, 0.29) is 0 Å². The number of hydrogen-bond acceptors (Lipinski definition) is 3. The molecule has 1 aliphatic heterocycles. The van der Waals surface area contributed by atoms with Gasteiger partial charge >= 0.3 is 8.56 Å². The Morgan fingerprint density at radius 2 is 1.50 bits per heavy atom. The van der Waals surface area contributed by atoms with Gasteiger partial charge in [0, 0.05) is 13.2 Å². The molecule has 0 saturated carbocycles. The summed E-state index contributed by atoms with van der Waals surface area (Å²) in [5, 5.41) is 0. The lowest BCUT2D eigenvalue weighted by Gasteiger charge is -2.27. The van der Waals surface area contributed by atoms with Gasteiger partial charge < -0.3 is 13.8 Å². The van der Waals surface area contributed by atoms with Crippen LogP contribution in [0, 0.1) is 0 Å². The van der Waals surface area contributed by atoms with E-state index in [1.54, 1.807) is 0 Å². The van der Waals surface area contributed by atoms with Crippen LogP contribution in [0.3, 0.4) is 0 Å². The Morgan fingerprint density at radius 3 is 2.00 bits per heavy atom. The van der Waals surface area contributed by atoms with Crippen LogP contribution in [0.2, 0.25) is 12.6 Å². The van der Waals surface area contributed by atoms with Crippen LogP contribution in [0.4, 0.5) is 0 Å². The van der Waals surface area contributed by atoms with E-state index >= 15 is 0 Å². The fourth-order valence-electron chi connectivity index (χ4n) is 2.78. The second-order valence-electron chi connectivity index (χ2n) is 5.36. The summed E-state index contributed by atoms with van der Waals surface area (Å²) >= 11 is 0. The Kier molecular flexibility index (Phi) is 8.14. The van der Waals surface area contributed by atoms with Crippen LogP contribution in [0.25, 0.3) is 0 Å². The summed E-state index contributed by atoms with van der Waals surface area (Å²) in [7, 11) is -1.87. The van der Waals surface area contributed by atoms with Gasteiger partial charge in [-0.1, -0.05) is 12.8 Å². The third kappa shape index (κ3) is 6.32. The first kappa shape index (κ1) is 16.2. The zero-order chi connectivity index (χ0) is 13.3. The molecule has 1 fully saturated rings. The summed E-state index contributed by atoms with van der Waals surface area (Å²) in [6.45, 7) is 11.7. The highest BCUT2D eigenvalue weighted by Crippen LogP contribution is 2.17. The Bertz CT molecular complexity index is 200. The largest absolute Gasteiger partial charge is 0.395 e. The Hall–Kier alpha value is 0.0969. The van der Waals surface area contributed by atoms with Crippen LogP contribution < -0.4 is 0 Å². The molecule has 0 unspecified atom stereocenters. The summed E-state index contributed by atoms with van der Waals surface area (Å²) in [6.07, 6.45) is 6.82. The summed E-state index contributed by atoms with van der Waals surface area (Å²) in [6, 6.07) is 1.13. The molecule has 1 rings (SSSR count). The molecule has 18 heavy (non-hydrogen) atoms. The van der Waals surface area contributed by atoms with Gasteiger partial charge in [0.15, 0.2) is 0 Å². The predicted octanol–water partition coefficient (Wildman–Crippen LogP) is 3.40. The van der Waals surface area contributed by atoms with Crippen molar-refractivity contribution in [1.29, 1.82) is 0 Å². The van der Waals surface area contributed by atoms with Crippen molar-refractivity contribution in [3.05, 3.63) is 0 Å². The minimum Gasteiger partial charge on any atom is -0.395 e. The van der Waals surface area contributed by atoms with E-state index in [0.29, 0.717) is 0 Å². The molecule has 0 aromatic heterocycles. The molecule has 1 aliphatic rings. The number of likely N-dealkylation sites (tertiary alicyclic amines) is 1. The molecule has 4 heteroatoms. The van der Waals surface area contributed by atoms with Crippen molar-refractivity contribution in [2.45, 2.75) is 58.5 Å². The number of rotatable bonds is 8. The van der Waals surface area contributed by atoms with E-state index in [1.165, 1.54) is 51.7 Å². The van der Waals surface area contributed by atoms with Gasteiger partial charge in [-0.3, -0.25) is 0 Å². The van der Waals surface area contributed by atoms with E-state index in [1.807, 2.05) is 0 Å². The van der Waals surface area contributed by atoms with Crippen LogP contribution in [0.5, 0.6) is 0 Å². The predicted molar refractivity (Wildman–Crippen MR) is 79.2 cm³/mol. The van der Waals surface area contributed by atoms with E-state index in [2.05, 4.69) is 25.3 Å². The van der Waals surface area contributed by atoms with Gasteiger partial charge in [0.1, 0.15) is 0 Å². The highest BCUT2D eigenvalue weighted by atomic mass is 28.4. The van der Waals surface area contributed by atoms with E-state index in [9.17, 15) is 0 Å². The van der Waals surface area contributed by atoms with Crippen molar-refractivity contribution in [1.82, 2.24) is 4.90 Å². The summed E-state index contributed by atoms with van der Waals surface area (Å²) in [5.74, 6) is 0. The molecule has 0 N–H and O–H groups in total. The molecule has 1 heterocycles.